The summed E-state index contributed by atoms with van der Waals surface area (Å²) >= 11 is 0. The van der Waals surface area contributed by atoms with E-state index in [4.69, 9.17) is 4.74 Å². The van der Waals surface area contributed by atoms with Gasteiger partial charge in [0.1, 0.15) is 0 Å². The van der Waals surface area contributed by atoms with Gasteiger partial charge in [0.2, 0.25) is 0 Å². The molecule has 1 N–H and O–H groups in total. The molecule has 2 nitrogen and oxygen atoms in total. The molecule has 0 fully saturated rings. The molecule has 0 aliphatic rings. The fourth-order valence-electron chi connectivity index (χ4n) is 1.22. The molecular weight excluding hydrogens is 162 g/mol. The van der Waals surface area contributed by atoms with E-state index >= 15 is 0 Å². The largest absolute Gasteiger partial charge is 0.380 e. The van der Waals surface area contributed by atoms with Crippen LogP contribution in [0.25, 0.3) is 0 Å². The monoisotopic (exact) mass is 185 g/mol. The van der Waals surface area contributed by atoms with Gasteiger partial charge in [0, 0.05) is 12.6 Å². The lowest BCUT2D eigenvalue weighted by Gasteiger charge is -2.18. The van der Waals surface area contributed by atoms with Crippen LogP contribution in [0.1, 0.15) is 33.6 Å². The van der Waals surface area contributed by atoms with Crippen molar-refractivity contribution in [3.8, 4) is 0 Å². The van der Waals surface area contributed by atoms with E-state index in [0.717, 1.165) is 26.2 Å². The predicted molar refractivity (Wildman–Crippen MR) is 58.0 cm³/mol. The van der Waals surface area contributed by atoms with Crippen molar-refractivity contribution in [2.24, 2.45) is 0 Å². The van der Waals surface area contributed by atoms with Gasteiger partial charge in [-0.3, -0.25) is 0 Å². The number of rotatable bonds is 8. The summed E-state index contributed by atoms with van der Waals surface area (Å²) in [5.41, 5.74) is 1.22. The van der Waals surface area contributed by atoms with E-state index in [-0.39, 0.29) is 0 Å². The van der Waals surface area contributed by atoms with Crippen LogP contribution in [0.15, 0.2) is 12.2 Å². The van der Waals surface area contributed by atoms with Gasteiger partial charge in [0.05, 0.1) is 6.61 Å². The summed E-state index contributed by atoms with van der Waals surface area (Å²) in [6.07, 6.45) is 2.18. The Kier molecular flexibility index (Phi) is 8.05. The summed E-state index contributed by atoms with van der Waals surface area (Å²) < 4.78 is 5.39. The second-order valence-corrected chi connectivity index (χ2v) is 3.47. The van der Waals surface area contributed by atoms with Gasteiger partial charge in [0.25, 0.3) is 0 Å². The molecule has 0 aliphatic carbocycles. The summed E-state index contributed by atoms with van der Waals surface area (Å²) in [6, 6.07) is 0.442. The zero-order valence-electron chi connectivity index (χ0n) is 9.23. The molecule has 0 bridgehead atoms. The van der Waals surface area contributed by atoms with Gasteiger partial charge in [-0.05, 0) is 33.2 Å². The molecule has 1 unspecified atom stereocenters. The summed E-state index contributed by atoms with van der Waals surface area (Å²) in [6.45, 7) is 12.8. The Bertz CT molecular complexity index is 126. The Labute approximate surface area is 82.4 Å². The smallest absolute Gasteiger partial charge is 0.0622 e. The molecule has 0 aromatic heterocycles. The number of nitrogens with one attached hydrogen (secondary N) is 1. The highest BCUT2D eigenvalue weighted by atomic mass is 16.5. The average molecular weight is 185 g/mol. The second kappa shape index (κ2) is 8.27. The van der Waals surface area contributed by atoms with Crippen LogP contribution in [0.2, 0.25) is 0 Å². The Balaban J connectivity index is 3.66. The molecule has 0 rings (SSSR count). The van der Waals surface area contributed by atoms with Gasteiger partial charge in [-0.2, -0.15) is 0 Å². The van der Waals surface area contributed by atoms with Crippen molar-refractivity contribution in [3.05, 3.63) is 12.2 Å². The van der Waals surface area contributed by atoms with E-state index in [1.54, 1.807) is 0 Å². The van der Waals surface area contributed by atoms with Crippen LogP contribution >= 0.6 is 0 Å². The minimum atomic E-state index is 0.442. The van der Waals surface area contributed by atoms with E-state index in [0.29, 0.717) is 6.04 Å². The predicted octanol–water partition coefficient (Wildman–Crippen LogP) is 2.36. The highest BCUT2D eigenvalue weighted by molar-refractivity contribution is 4.92. The maximum Gasteiger partial charge on any atom is 0.0622 e. The SMILES string of the molecule is C=C(C)CC(COCC)NCCC. The lowest BCUT2D eigenvalue weighted by atomic mass is 10.1. The van der Waals surface area contributed by atoms with Crippen molar-refractivity contribution >= 4 is 0 Å². The maximum atomic E-state index is 5.39. The van der Waals surface area contributed by atoms with Crippen LogP contribution in [0.4, 0.5) is 0 Å². The van der Waals surface area contributed by atoms with Gasteiger partial charge >= 0.3 is 0 Å². The van der Waals surface area contributed by atoms with Crippen molar-refractivity contribution in [2.45, 2.75) is 39.7 Å². The second-order valence-electron chi connectivity index (χ2n) is 3.47. The first-order chi connectivity index (χ1) is 6.20. The summed E-state index contributed by atoms with van der Waals surface area (Å²) in [5, 5.41) is 3.45. The average Bonchev–Trinajstić information content (AvgIpc) is 2.09. The quantitative estimate of drug-likeness (QED) is 0.586. The van der Waals surface area contributed by atoms with Crippen LogP contribution in [0.3, 0.4) is 0 Å². The van der Waals surface area contributed by atoms with Gasteiger partial charge < -0.3 is 10.1 Å². The summed E-state index contributed by atoms with van der Waals surface area (Å²) in [4.78, 5) is 0. The van der Waals surface area contributed by atoms with Crippen molar-refractivity contribution in [3.63, 3.8) is 0 Å². The highest BCUT2D eigenvalue weighted by Crippen LogP contribution is 2.02. The lowest BCUT2D eigenvalue weighted by molar-refractivity contribution is 0.122. The molecule has 0 aromatic rings. The van der Waals surface area contributed by atoms with E-state index < -0.39 is 0 Å². The zero-order valence-corrected chi connectivity index (χ0v) is 9.23. The van der Waals surface area contributed by atoms with Crippen molar-refractivity contribution in [2.75, 3.05) is 19.8 Å². The molecule has 0 amide bonds. The highest BCUT2D eigenvalue weighted by Gasteiger charge is 2.06. The van der Waals surface area contributed by atoms with Crippen molar-refractivity contribution in [1.29, 1.82) is 0 Å². The fraction of sp³-hybridized carbons (Fsp3) is 0.818. The third-order valence-electron chi connectivity index (χ3n) is 1.80. The molecule has 0 aliphatic heterocycles. The molecule has 0 aromatic carbocycles. The van der Waals surface area contributed by atoms with Crippen molar-refractivity contribution < 1.29 is 4.74 Å². The molecule has 1 atom stereocenters. The van der Waals surface area contributed by atoms with Gasteiger partial charge in [-0.1, -0.05) is 12.5 Å². The summed E-state index contributed by atoms with van der Waals surface area (Å²) in [7, 11) is 0. The van der Waals surface area contributed by atoms with Crippen LogP contribution in [-0.2, 0) is 4.74 Å². The van der Waals surface area contributed by atoms with E-state index in [1.165, 1.54) is 12.0 Å². The molecule has 0 heterocycles. The number of ether oxygens (including phenoxy) is 1. The third kappa shape index (κ3) is 8.00. The van der Waals surface area contributed by atoms with Gasteiger partial charge in [-0.25, -0.2) is 0 Å². The Morgan fingerprint density at radius 2 is 2.15 bits per heavy atom. The zero-order chi connectivity index (χ0) is 10.1. The Morgan fingerprint density at radius 1 is 1.46 bits per heavy atom. The van der Waals surface area contributed by atoms with Crippen LogP contribution < -0.4 is 5.32 Å². The Morgan fingerprint density at radius 3 is 2.62 bits per heavy atom. The van der Waals surface area contributed by atoms with E-state index in [9.17, 15) is 0 Å². The first-order valence-electron chi connectivity index (χ1n) is 5.16. The fourth-order valence-corrected chi connectivity index (χ4v) is 1.22. The first kappa shape index (κ1) is 12.7. The molecule has 0 radical (unpaired) electrons. The Hall–Kier alpha value is -0.340. The molecule has 78 valence electrons. The van der Waals surface area contributed by atoms with E-state index in [1.807, 2.05) is 6.92 Å². The lowest BCUT2D eigenvalue weighted by Crippen LogP contribution is -2.34. The molecule has 0 saturated carbocycles. The number of hydrogen-bond acceptors (Lipinski definition) is 2. The standard InChI is InChI=1S/C11H23NO/c1-5-7-12-11(8-10(3)4)9-13-6-2/h11-12H,3,5-9H2,1-2,4H3. The normalized spacial score (nSPS) is 12.8. The van der Waals surface area contributed by atoms with Crippen LogP contribution in [-0.4, -0.2) is 25.8 Å². The number of hydrogen-bond donors (Lipinski definition) is 1. The van der Waals surface area contributed by atoms with Crippen LogP contribution in [0, 0.1) is 0 Å². The molecule has 0 spiro atoms. The van der Waals surface area contributed by atoms with E-state index in [2.05, 4.69) is 25.7 Å². The van der Waals surface area contributed by atoms with Crippen LogP contribution in [0.5, 0.6) is 0 Å². The minimum absolute atomic E-state index is 0.442. The topological polar surface area (TPSA) is 21.3 Å². The summed E-state index contributed by atoms with van der Waals surface area (Å²) in [5.74, 6) is 0. The molecular formula is C11H23NO. The first-order valence-corrected chi connectivity index (χ1v) is 5.16. The molecule has 0 saturated heterocycles. The van der Waals surface area contributed by atoms with Gasteiger partial charge in [-0.15, -0.1) is 6.58 Å². The molecule has 13 heavy (non-hydrogen) atoms. The molecule has 2 heteroatoms. The minimum Gasteiger partial charge on any atom is -0.380 e. The third-order valence-corrected chi connectivity index (χ3v) is 1.80. The van der Waals surface area contributed by atoms with Crippen molar-refractivity contribution in [1.82, 2.24) is 5.32 Å². The maximum absolute atomic E-state index is 5.39. The van der Waals surface area contributed by atoms with Gasteiger partial charge in [0.15, 0.2) is 0 Å².